The topological polar surface area (TPSA) is 85.1 Å². The Morgan fingerprint density at radius 2 is 1.57 bits per heavy atom. The molecule has 0 atom stereocenters. The highest BCUT2D eigenvalue weighted by Gasteiger charge is 2.18. The lowest BCUT2D eigenvalue weighted by molar-refractivity contribution is -0.113. The van der Waals surface area contributed by atoms with Gasteiger partial charge in [0.05, 0.1) is 17.1 Å². The first-order valence-corrected chi connectivity index (χ1v) is 11.8. The van der Waals surface area contributed by atoms with Crippen molar-refractivity contribution in [1.82, 2.24) is 9.36 Å². The van der Waals surface area contributed by atoms with Crippen LogP contribution in [0.4, 0.5) is 15.8 Å². The zero-order valence-corrected chi connectivity index (χ0v) is 19.9. The highest BCUT2D eigenvalue weighted by Crippen LogP contribution is 2.22. The van der Waals surface area contributed by atoms with Crippen LogP contribution in [0.3, 0.4) is 0 Å². The van der Waals surface area contributed by atoms with Crippen molar-refractivity contribution in [2.45, 2.75) is 11.8 Å². The molecule has 9 heteroatoms. The summed E-state index contributed by atoms with van der Waals surface area (Å²) < 4.78 is 16.2. The molecule has 35 heavy (non-hydrogen) atoms. The van der Waals surface area contributed by atoms with E-state index in [0.717, 1.165) is 4.90 Å². The van der Waals surface area contributed by atoms with E-state index in [-0.39, 0.29) is 28.8 Å². The van der Waals surface area contributed by atoms with Crippen molar-refractivity contribution in [3.05, 3.63) is 106 Å². The molecule has 1 heterocycles. The molecule has 0 unspecified atom stereocenters. The van der Waals surface area contributed by atoms with Crippen molar-refractivity contribution in [3.63, 3.8) is 0 Å². The van der Waals surface area contributed by atoms with Crippen LogP contribution in [-0.4, -0.2) is 26.9 Å². The van der Waals surface area contributed by atoms with Gasteiger partial charge in [-0.05, 0) is 67.6 Å². The minimum atomic E-state index is -0.406. The average molecular weight is 491 g/mol. The molecule has 2 amide bonds. The fourth-order valence-electron chi connectivity index (χ4n) is 3.48. The lowest BCUT2D eigenvalue weighted by Gasteiger charge is -2.07. The summed E-state index contributed by atoms with van der Waals surface area (Å²) in [5.74, 6) is -0.935. The van der Waals surface area contributed by atoms with Crippen LogP contribution in [0.2, 0.25) is 0 Å². The number of benzene rings is 3. The van der Waals surface area contributed by atoms with Crippen LogP contribution in [0.1, 0.15) is 16.1 Å². The zero-order valence-electron chi connectivity index (χ0n) is 19.1. The Bertz CT molecular complexity index is 1410. The van der Waals surface area contributed by atoms with Gasteiger partial charge in [-0.15, -0.1) is 11.8 Å². The van der Waals surface area contributed by atoms with Crippen molar-refractivity contribution in [2.75, 3.05) is 16.4 Å². The molecular weight excluding hydrogens is 467 g/mol. The van der Waals surface area contributed by atoms with Crippen molar-refractivity contribution in [3.8, 4) is 5.69 Å². The van der Waals surface area contributed by atoms with Crippen LogP contribution in [-0.2, 0) is 11.8 Å². The highest BCUT2D eigenvalue weighted by atomic mass is 32.2. The Morgan fingerprint density at radius 1 is 0.914 bits per heavy atom. The first-order chi connectivity index (χ1) is 16.8. The van der Waals surface area contributed by atoms with Gasteiger partial charge >= 0.3 is 0 Å². The predicted molar refractivity (Wildman–Crippen MR) is 136 cm³/mol. The van der Waals surface area contributed by atoms with Gasteiger partial charge in [0.1, 0.15) is 11.5 Å². The maximum atomic E-state index is 13.0. The molecule has 4 aromatic rings. The molecule has 0 radical (unpaired) electrons. The smallest absolute Gasteiger partial charge is 0.295 e. The molecule has 0 saturated heterocycles. The maximum Gasteiger partial charge on any atom is 0.295 e. The molecule has 3 aromatic carbocycles. The number of para-hydroxylation sites is 1. The number of rotatable bonds is 7. The lowest BCUT2D eigenvalue weighted by Crippen LogP contribution is -2.23. The summed E-state index contributed by atoms with van der Waals surface area (Å²) in [5, 5.41) is 5.49. The van der Waals surface area contributed by atoms with E-state index in [1.165, 1.54) is 40.7 Å². The number of hydrogen-bond acceptors (Lipinski definition) is 4. The van der Waals surface area contributed by atoms with E-state index in [1.807, 2.05) is 30.3 Å². The molecule has 178 valence electrons. The van der Waals surface area contributed by atoms with Crippen LogP contribution in [0.15, 0.2) is 88.6 Å². The molecule has 0 aliphatic rings. The predicted octanol–water partition coefficient (Wildman–Crippen LogP) is 4.61. The Morgan fingerprint density at radius 3 is 2.23 bits per heavy atom. The molecular formula is C26H23FN4O3S. The van der Waals surface area contributed by atoms with Crippen LogP contribution in [0.25, 0.3) is 5.69 Å². The molecule has 0 aliphatic heterocycles. The Hall–Kier alpha value is -4.11. The molecule has 0 spiro atoms. The van der Waals surface area contributed by atoms with E-state index >= 15 is 0 Å². The van der Waals surface area contributed by atoms with Crippen LogP contribution in [0, 0.1) is 12.7 Å². The van der Waals surface area contributed by atoms with Crippen molar-refractivity contribution < 1.29 is 14.0 Å². The van der Waals surface area contributed by atoms with Gasteiger partial charge in [-0.3, -0.25) is 19.1 Å². The quantitative estimate of drug-likeness (QED) is 0.371. The summed E-state index contributed by atoms with van der Waals surface area (Å²) in [5.41, 5.74) is 2.25. The molecule has 4 rings (SSSR count). The van der Waals surface area contributed by atoms with E-state index < -0.39 is 5.82 Å². The third-order valence-electron chi connectivity index (χ3n) is 5.41. The minimum Gasteiger partial charge on any atom is -0.322 e. The lowest BCUT2D eigenvalue weighted by atomic mass is 10.2. The highest BCUT2D eigenvalue weighted by molar-refractivity contribution is 8.00. The second-order valence-corrected chi connectivity index (χ2v) is 8.81. The number of thioether (sulfide) groups is 1. The van der Waals surface area contributed by atoms with Gasteiger partial charge in [0, 0.05) is 23.2 Å². The molecule has 0 aliphatic carbocycles. The summed E-state index contributed by atoms with van der Waals surface area (Å²) >= 11 is 1.31. The third kappa shape index (κ3) is 5.52. The summed E-state index contributed by atoms with van der Waals surface area (Å²) in [6, 6.07) is 21.5. The number of halogens is 1. The monoisotopic (exact) mass is 490 g/mol. The van der Waals surface area contributed by atoms with Gasteiger partial charge in [0.25, 0.3) is 11.5 Å². The first-order valence-electron chi connectivity index (χ1n) is 10.8. The average Bonchev–Trinajstić information content (AvgIpc) is 3.07. The molecule has 0 saturated carbocycles. The van der Waals surface area contributed by atoms with Gasteiger partial charge in [-0.25, -0.2) is 9.07 Å². The van der Waals surface area contributed by atoms with E-state index in [1.54, 1.807) is 42.9 Å². The van der Waals surface area contributed by atoms with Crippen LogP contribution < -0.4 is 16.2 Å². The number of amides is 2. The van der Waals surface area contributed by atoms with Gasteiger partial charge in [-0.2, -0.15) is 0 Å². The van der Waals surface area contributed by atoms with Gasteiger partial charge in [0.15, 0.2) is 0 Å². The number of hydrogen-bond donors (Lipinski definition) is 2. The molecule has 7 nitrogen and oxygen atoms in total. The summed E-state index contributed by atoms with van der Waals surface area (Å²) in [7, 11) is 1.77. The SMILES string of the molecule is Cc1c(NC(=O)CSc2ccc(NC(=O)c3ccc(F)cc3)cc2)c(=O)n(-c2ccccc2)n1C. The largest absolute Gasteiger partial charge is 0.322 e. The van der Waals surface area contributed by atoms with Crippen molar-refractivity contribution in [2.24, 2.45) is 7.05 Å². The van der Waals surface area contributed by atoms with Gasteiger partial charge < -0.3 is 10.6 Å². The number of anilines is 2. The zero-order chi connectivity index (χ0) is 24.9. The molecule has 2 N–H and O–H groups in total. The van der Waals surface area contributed by atoms with E-state index in [2.05, 4.69) is 10.6 Å². The first kappa shape index (κ1) is 24.0. The van der Waals surface area contributed by atoms with Crippen LogP contribution >= 0.6 is 11.8 Å². The van der Waals surface area contributed by atoms with Gasteiger partial charge in [-0.1, -0.05) is 18.2 Å². The van der Waals surface area contributed by atoms with Gasteiger partial charge in [0.2, 0.25) is 5.91 Å². The third-order valence-corrected chi connectivity index (χ3v) is 6.42. The maximum absolute atomic E-state index is 13.0. The second-order valence-electron chi connectivity index (χ2n) is 7.76. The normalized spacial score (nSPS) is 10.7. The second kappa shape index (κ2) is 10.4. The molecule has 0 fully saturated rings. The number of carbonyl (C=O) groups excluding carboxylic acids is 2. The standard InChI is InChI=1S/C26H23FN4O3S/c1-17-24(26(34)31(30(17)2)21-6-4-3-5-7-21)29-23(32)16-35-22-14-12-20(13-15-22)28-25(33)18-8-10-19(27)11-9-18/h3-15H,16H2,1-2H3,(H,28,33)(H,29,32). The minimum absolute atomic E-state index is 0.112. The number of carbonyl (C=O) groups is 2. The Labute approximate surface area is 205 Å². The summed E-state index contributed by atoms with van der Waals surface area (Å²) in [6.45, 7) is 1.78. The number of aromatic nitrogens is 2. The number of nitrogens with one attached hydrogen (secondary N) is 2. The van der Waals surface area contributed by atoms with Crippen molar-refractivity contribution in [1.29, 1.82) is 0 Å². The molecule has 0 bridgehead atoms. The van der Waals surface area contributed by atoms with E-state index in [4.69, 9.17) is 0 Å². The summed E-state index contributed by atoms with van der Waals surface area (Å²) in [6.07, 6.45) is 0. The molecule has 1 aromatic heterocycles. The fourth-order valence-corrected chi connectivity index (χ4v) is 4.17. The van der Waals surface area contributed by atoms with E-state index in [9.17, 15) is 18.8 Å². The number of nitrogens with zero attached hydrogens (tertiary/aromatic N) is 2. The van der Waals surface area contributed by atoms with Crippen molar-refractivity contribution >= 4 is 35.0 Å². The Balaban J connectivity index is 1.36. The van der Waals surface area contributed by atoms with Crippen LogP contribution in [0.5, 0.6) is 0 Å². The van der Waals surface area contributed by atoms with E-state index in [0.29, 0.717) is 22.6 Å². The Kier molecular flexibility index (Phi) is 7.17. The summed E-state index contributed by atoms with van der Waals surface area (Å²) in [4.78, 5) is 38.6. The fraction of sp³-hybridized carbons (Fsp3) is 0.115.